The van der Waals surface area contributed by atoms with Gasteiger partial charge < -0.3 is 5.11 Å². The van der Waals surface area contributed by atoms with E-state index >= 15 is 0 Å². The summed E-state index contributed by atoms with van der Waals surface area (Å²) in [6, 6.07) is 5.63. The molecule has 4 heteroatoms. The third-order valence-corrected chi connectivity index (χ3v) is 5.27. The number of aliphatic hydroxyl groups is 1. The van der Waals surface area contributed by atoms with Gasteiger partial charge in [0.05, 0.1) is 11.3 Å². The second-order valence-electron chi connectivity index (χ2n) is 4.91. The first-order chi connectivity index (χ1) is 8.21. The largest absolute Gasteiger partial charge is 0.383 e. The van der Waals surface area contributed by atoms with Crippen LogP contribution in [0.5, 0.6) is 0 Å². The van der Waals surface area contributed by atoms with Crippen LogP contribution in [0.2, 0.25) is 0 Å². The molecule has 3 rings (SSSR count). The number of hydrogen-bond donors (Lipinski definition) is 1. The van der Waals surface area contributed by atoms with Crippen molar-refractivity contribution in [2.75, 3.05) is 0 Å². The highest BCUT2D eigenvalue weighted by molar-refractivity contribution is 8.00. The first-order valence-corrected chi connectivity index (χ1v) is 6.89. The molecular formula is C13H14N2OS. The van der Waals surface area contributed by atoms with E-state index in [4.69, 9.17) is 5.26 Å². The number of aromatic nitrogens is 1. The van der Waals surface area contributed by atoms with Crippen LogP contribution in [0.4, 0.5) is 0 Å². The van der Waals surface area contributed by atoms with E-state index in [0.29, 0.717) is 21.8 Å². The molecule has 0 saturated carbocycles. The number of hydrogen-bond acceptors (Lipinski definition) is 4. The van der Waals surface area contributed by atoms with E-state index in [0.717, 1.165) is 12.8 Å². The molecule has 0 amide bonds. The third-order valence-electron chi connectivity index (χ3n) is 3.70. The number of fused-ring (bicyclic) bond motifs is 2. The van der Waals surface area contributed by atoms with Crippen LogP contribution in [0.3, 0.4) is 0 Å². The van der Waals surface area contributed by atoms with Gasteiger partial charge in [-0.25, -0.2) is 0 Å². The Bertz CT molecular complexity index is 471. The van der Waals surface area contributed by atoms with Crippen molar-refractivity contribution in [2.24, 2.45) is 0 Å². The predicted molar refractivity (Wildman–Crippen MR) is 66.5 cm³/mol. The van der Waals surface area contributed by atoms with Gasteiger partial charge >= 0.3 is 0 Å². The minimum atomic E-state index is -0.886. The Morgan fingerprint density at radius 3 is 2.76 bits per heavy atom. The number of nitrogens with zero attached hydrogens (tertiary/aromatic N) is 2. The number of pyridine rings is 1. The Hall–Kier alpha value is -1.05. The van der Waals surface area contributed by atoms with E-state index in [1.54, 1.807) is 18.3 Å². The smallest absolute Gasteiger partial charge is 0.110 e. The molecule has 2 unspecified atom stereocenters. The summed E-state index contributed by atoms with van der Waals surface area (Å²) in [5, 5.41) is 21.0. The van der Waals surface area contributed by atoms with Crippen LogP contribution in [0, 0.1) is 11.3 Å². The summed E-state index contributed by atoms with van der Waals surface area (Å²) >= 11 is 1.99. The highest BCUT2D eigenvalue weighted by Crippen LogP contribution is 2.51. The molecule has 1 aromatic rings. The van der Waals surface area contributed by atoms with Gasteiger partial charge in [0, 0.05) is 16.7 Å². The summed E-state index contributed by atoms with van der Waals surface area (Å²) in [6.07, 6.45) is 5.51. The lowest BCUT2D eigenvalue weighted by Crippen LogP contribution is -2.36. The van der Waals surface area contributed by atoms with Gasteiger partial charge in [-0.1, -0.05) is 0 Å². The van der Waals surface area contributed by atoms with E-state index in [2.05, 4.69) is 11.1 Å². The SMILES string of the molecule is N#Cc1cccnc1C1(O)CC2CCC(C1)S2. The molecule has 2 fully saturated rings. The molecule has 0 aromatic carbocycles. The summed E-state index contributed by atoms with van der Waals surface area (Å²) in [7, 11) is 0. The van der Waals surface area contributed by atoms with Gasteiger partial charge in [0.15, 0.2) is 0 Å². The van der Waals surface area contributed by atoms with Crippen molar-refractivity contribution in [3.8, 4) is 6.07 Å². The van der Waals surface area contributed by atoms with Crippen LogP contribution in [-0.2, 0) is 5.60 Å². The van der Waals surface area contributed by atoms with Gasteiger partial charge in [-0.3, -0.25) is 4.98 Å². The van der Waals surface area contributed by atoms with E-state index in [-0.39, 0.29) is 0 Å². The molecule has 2 saturated heterocycles. The van der Waals surface area contributed by atoms with Crippen molar-refractivity contribution in [3.05, 3.63) is 29.6 Å². The van der Waals surface area contributed by atoms with Crippen molar-refractivity contribution in [2.45, 2.75) is 41.8 Å². The van der Waals surface area contributed by atoms with Gasteiger partial charge in [0.25, 0.3) is 0 Å². The number of rotatable bonds is 1. The van der Waals surface area contributed by atoms with Crippen LogP contribution in [-0.4, -0.2) is 20.6 Å². The van der Waals surface area contributed by atoms with E-state index in [1.165, 1.54) is 12.8 Å². The molecule has 3 nitrogen and oxygen atoms in total. The van der Waals surface area contributed by atoms with E-state index in [1.807, 2.05) is 11.8 Å². The number of thioether (sulfide) groups is 1. The van der Waals surface area contributed by atoms with Crippen LogP contribution in [0.1, 0.15) is 36.9 Å². The lowest BCUT2D eigenvalue weighted by Gasteiger charge is -2.35. The fourth-order valence-corrected chi connectivity index (χ4v) is 4.81. The van der Waals surface area contributed by atoms with E-state index < -0.39 is 5.60 Å². The van der Waals surface area contributed by atoms with Gasteiger partial charge in [0.2, 0.25) is 0 Å². The lowest BCUT2D eigenvalue weighted by molar-refractivity contribution is 0.0151. The van der Waals surface area contributed by atoms with Crippen LogP contribution in [0.25, 0.3) is 0 Å². The second-order valence-corrected chi connectivity index (χ2v) is 6.51. The predicted octanol–water partition coefficient (Wildman–Crippen LogP) is 2.20. The summed E-state index contributed by atoms with van der Waals surface area (Å²) in [5.41, 5.74) is 0.213. The molecule has 1 aromatic heterocycles. The normalized spacial score (nSPS) is 35.5. The lowest BCUT2D eigenvalue weighted by atomic mass is 9.87. The molecule has 0 radical (unpaired) electrons. The van der Waals surface area contributed by atoms with Crippen molar-refractivity contribution < 1.29 is 5.11 Å². The molecule has 2 bridgehead atoms. The highest BCUT2D eigenvalue weighted by Gasteiger charge is 2.46. The molecule has 2 aliphatic heterocycles. The minimum Gasteiger partial charge on any atom is -0.383 e. The zero-order chi connectivity index (χ0) is 11.9. The minimum absolute atomic E-state index is 0.515. The molecule has 2 atom stereocenters. The zero-order valence-electron chi connectivity index (χ0n) is 9.47. The van der Waals surface area contributed by atoms with E-state index in [9.17, 15) is 5.11 Å². The van der Waals surface area contributed by atoms with Crippen molar-refractivity contribution in [1.82, 2.24) is 4.98 Å². The second kappa shape index (κ2) is 4.01. The van der Waals surface area contributed by atoms with Crippen molar-refractivity contribution in [1.29, 1.82) is 5.26 Å². The molecular weight excluding hydrogens is 232 g/mol. The fraction of sp³-hybridized carbons (Fsp3) is 0.538. The first kappa shape index (κ1) is 11.1. The summed E-state index contributed by atoms with van der Waals surface area (Å²) in [4.78, 5) is 4.26. The standard InChI is InChI=1S/C13H14N2OS/c14-8-9-2-1-5-15-12(9)13(16)6-10-3-4-11(7-13)17-10/h1-2,5,10-11,16H,3-4,6-7H2. The molecule has 2 aliphatic rings. The topological polar surface area (TPSA) is 56.9 Å². The third kappa shape index (κ3) is 1.84. The first-order valence-electron chi connectivity index (χ1n) is 5.95. The Kier molecular flexibility index (Phi) is 2.61. The molecule has 17 heavy (non-hydrogen) atoms. The van der Waals surface area contributed by atoms with Gasteiger partial charge in [-0.15, -0.1) is 0 Å². The quantitative estimate of drug-likeness (QED) is 0.825. The molecule has 0 aliphatic carbocycles. The van der Waals surface area contributed by atoms with Crippen molar-refractivity contribution in [3.63, 3.8) is 0 Å². The average molecular weight is 246 g/mol. The monoisotopic (exact) mass is 246 g/mol. The van der Waals surface area contributed by atoms with Crippen LogP contribution >= 0.6 is 11.8 Å². The number of nitriles is 1. The Morgan fingerprint density at radius 2 is 2.12 bits per heavy atom. The summed E-state index contributed by atoms with van der Waals surface area (Å²) in [6.45, 7) is 0. The maximum Gasteiger partial charge on any atom is 0.110 e. The maximum atomic E-state index is 10.8. The Morgan fingerprint density at radius 1 is 1.41 bits per heavy atom. The Labute approximate surface area is 105 Å². The average Bonchev–Trinajstić information content (AvgIpc) is 2.69. The highest BCUT2D eigenvalue weighted by atomic mass is 32.2. The molecule has 0 spiro atoms. The van der Waals surface area contributed by atoms with Gasteiger partial charge in [-0.05, 0) is 37.8 Å². The zero-order valence-corrected chi connectivity index (χ0v) is 10.3. The van der Waals surface area contributed by atoms with Gasteiger partial charge in [0.1, 0.15) is 11.7 Å². The van der Waals surface area contributed by atoms with Crippen molar-refractivity contribution >= 4 is 11.8 Å². The molecule has 3 heterocycles. The van der Waals surface area contributed by atoms with Crippen LogP contribution < -0.4 is 0 Å². The molecule has 1 N–H and O–H groups in total. The fourth-order valence-electron chi connectivity index (χ4n) is 2.98. The maximum absolute atomic E-state index is 10.8. The van der Waals surface area contributed by atoms with Crippen LogP contribution in [0.15, 0.2) is 18.3 Å². The summed E-state index contributed by atoms with van der Waals surface area (Å²) < 4.78 is 0. The Balaban J connectivity index is 2.00. The molecule has 88 valence electrons. The summed E-state index contributed by atoms with van der Waals surface area (Å²) in [5.74, 6) is 0. The van der Waals surface area contributed by atoms with Gasteiger partial charge in [-0.2, -0.15) is 17.0 Å².